The molecule has 0 radical (unpaired) electrons. The summed E-state index contributed by atoms with van der Waals surface area (Å²) in [6, 6.07) is 11.1. The topological polar surface area (TPSA) is 66.4 Å². The fraction of sp³-hybridized carbons (Fsp3) is 0.238. The van der Waals surface area contributed by atoms with Crippen LogP contribution in [0.4, 0.5) is 0 Å². The van der Waals surface area contributed by atoms with E-state index in [0.717, 1.165) is 20.9 Å². The number of rotatable bonds is 2. The van der Waals surface area contributed by atoms with Crippen LogP contribution in [0, 0.1) is 0 Å². The molecule has 0 atom stereocenters. The highest BCUT2D eigenvalue weighted by Crippen LogP contribution is 2.30. The Hall–Kier alpha value is -2.51. The third-order valence-corrected chi connectivity index (χ3v) is 5.74. The van der Waals surface area contributed by atoms with E-state index in [1.807, 2.05) is 24.3 Å². The quantitative estimate of drug-likeness (QED) is 0.564. The number of fused-ring (bicyclic) bond motifs is 1. The largest absolute Gasteiger partial charge is 0.339 e. The zero-order chi connectivity index (χ0) is 20.5. The number of carbonyl (C=O) groups is 2. The zero-order valence-corrected chi connectivity index (χ0v) is 18.1. The number of hydrogen-bond donors (Lipinski definition) is 0. The van der Waals surface area contributed by atoms with E-state index in [1.165, 1.54) is 6.33 Å². The molecule has 148 valence electrons. The van der Waals surface area contributed by atoms with Gasteiger partial charge in [0.25, 0.3) is 5.91 Å². The first kappa shape index (κ1) is 19.8. The van der Waals surface area contributed by atoms with Crippen LogP contribution in [-0.2, 0) is 4.79 Å². The number of piperazine rings is 1. The number of carbonyl (C=O) groups excluding carboxylic acids is 2. The van der Waals surface area contributed by atoms with E-state index in [9.17, 15) is 9.59 Å². The molecule has 8 heteroatoms. The van der Waals surface area contributed by atoms with Crippen LogP contribution in [0.3, 0.4) is 0 Å². The molecular weight excluding hydrogens is 456 g/mol. The van der Waals surface area contributed by atoms with E-state index < -0.39 is 0 Å². The van der Waals surface area contributed by atoms with Gasteiger partial charge >= 0.3 is 0 Å². The molecule has 1 aromatic heterocycles. The Morgan fingerprint density at radius 3 is 2.45 bits per heavy atom. The Morgan fingerprint density at radius 1 is 1.00 bits per heavy atom. The van der Waals surface area contributed by atoms with E-state index >= 15 is 0 Å². The molecule has 6 nitrogen and oxygen atoms in total. The predicted molar refractivity (Wildman–Crippen MR) is 116 cm³/mol. The van der Waals surface area contributed by atoms with E-state index in [2.05, 4.69) is 25.9 Å². The molecule has 0 spiro atoms. The van der Waals surface area contributed by atoms with Crippen LogP contribution in [0.15, 0.2) is 47.2 Å². The van der Waals surface area contributed by atoms with Gasteiger partial charge in [0, 0.05) is 59.1 Å². The van der Waals surface area contributed by atoms with Gasteiger partial charge in [-0.1, -0.05) is 27.5 Å². The minimum atomic E-state index is -0.100. The third-order valence-electron chi connectivity index (χ3n) is 5.03. The lowest BCUT2D eigenvalue weighted by atomic mass is 10.0. The molecule has 2 aromatic carbocycles. The summed E-state index contributed by atoms with van der Waals surface area (Å²) in [5.74, 6) is -0.0690. The lowest BCUT2D eigenvalue weighted by molar-refractivity contribution is -0.130. The highest BCUT2D eigenvalue weighted by Gasteiger charge is 2.24. The highest BCUT2D eigenvalue weighted by atomic mass is 79.9. The number of hydrogen-bond acceptors (Lipinski definition) is 4. The summed E-state index contributed by atoms with van der Waals surface area (Å²) in [6.45, 7) is 3.64. The first-order chi connectivity index (χ1) is 13.9. The smallest absolute Gasteiger partial charge is 0.254 e. The van der Waals surface area contributed by atoms with Crippen LogP contribution < -0.4 is 0 Å². The van der Waals surface area contributed by atoms with Crippen LogP contribution in [0.2, 0.25) is 5.02 Å². The number of nitrogens with zero attached hydrogens (tertiary/aromatic N) is 4. The number of halogens is 2. The fourth-order valence-corrected chi connectivity index (χ4v) is 4.11. The zero-order valence-electron chi connectivity index (χ0n) is 15.7. The Morgan fingerprint density at radius 2 is 1.72 bits per heavy atom. The van der Waals surface area contributed by atoms with Gasteiger partial charge in [-0.25, -0.2) is 9.97 Å². The van der Waals surface area contributed by atoms with Crippen molar-refractivity contribution in [3.63, 3.8) is 0 Å². The second-order valence-electron chi connectivity index (χ2n) is 6.91. The van der Waals surface area contributed by atoms with Crippen LogP contribution >= 0.6 is 27.5 Å². The Balaban J connectivity index is 1.68. The summed E-state index contributed by atoms with van der Waals surface area (Å²) in [5.41, 5.74) is 2.79. The predicted octanol–water partition coefficient (Wildman–Crippen LogP) is 4.02. The van der Waals surface area contributed by atoms with Crippen molar-refractivity contribution >= 4 is 50.2 Å². The second kappa shape index (κ2) is 8.08. The maximum absolute atomic E-state index is 13.1. The summed E-state index contributed by atoms with van der Waals surface area (Å²) in [6.07, 6.45) is 1.51. The second-order valence-corrected chi connectivity index (χ2v) is 8.26. The molecule has 1 fully saturated rings. The minimum absolute atomic E-state index is 0.0314. The van der Waals surface area contributed by atoms with Gasteiger partial charge in [-0.3, -0.25) is 9.59 Å². The van der Waals surface area contributed by atoms with Gasteiger partial charge in [-0.15, -0.1) is 0 Å². The number of aromatic nitrogens is 2. The summed E-state index contributed by atoms with van der Waals surface area (Å²) in [4.78, 5) is 36.8. The maximum Gasteiger partial charge on any atom is 0.254 e. The molecule has 0 bridgehead atoms. The average molecular weight is 474 g/mol. The molecule has 0 saturated carbocycles. The summed E-state index contributed by atoms with van der Waals surface area (Å²) in [5, 5.41) is 1.34. The number of amides is 2. The Labute approximate surface area is 181 Å². The van der Waals surface area contributed by atoms with Crippen molar-refractivity contribution in [1.29, 1.82) is 0 Å². The molecule has 2 heterocycles. The van der Waals surface area contributed by atoms with Crippen molar-refractivity contribution in [2.75, 3.05) is 26.2 Å². The van der Waals surface area contributed by atoms with Crippen molar-refractivity contribution in [3.8, 4) is 11.3 Å². The Bertz CT molecular complexity index is 1110. The van der Waals surface area contributed by atoms with E-state index in [0.29, 0.717) is 42.5 Å². The van der Waals surface area contributed by atoms with E-state index in [1.54, 1.807) is 28.9 Å². The van der Waals surface area contributed by atoms with Crippen molar-refractivity contribution in [3.05, 3.63) is 57.8 Å². The summed E-state index contributed by atoms with van der Waals surface area (Å²) >= 11 is 9.84. The lowest BCUT2D eigenvalue weighted by Crippen LogP contribution is -2.50. The van der Waals surface area contributed by atoms with Gasteiger partial charge in [-0.2, -0.15) is 0 Å². The fourth-order valence-electron chi connectivity index (χ4n) is 3.52. The molecule has 1 aliphatic rings. The van der Waals surface area contributed by atoms with E-state index in [-0.39, 0.29) is 11.8 Å². The van der Waals surface area contributed by atoms with Gasteiger partial charge < -0.3 is 9.80 Å². The van der Waals surface area contributed by atoms with Gasteiger partial charge in [0.1, 0.15) is 6.33 Å². The SMILES string of the molecule is CC(=O)N1CCN(C(=O)c2cc(Cl)cc(-c3ncnc4ccc(Br)cc34)c2)CC1. The van der Waals surface area contributed by atoms with Gasteiger partial charge in [0.15, 0.2) is 0 Å². The van der Waals surface area contributed by atoms with Gasteiger partial charge in [0.05, 0.1) is 11.2 Å². The molecule has 1 aliphatic heterocycles. The van der Waals surface area contributed by atoms with Gasteiger partial charge in [0.2, 0.25) is 5.91 Å². The Kier molecular flexibility index (Phi) is 5.52. The molecule has 29 heavy (non-hydrogen) atoms. The molecule has 3 aromatic rings. The first-order valence-electron chi connectivity index (χ1n) is 9.18. The van der Waals surface area contributed by atoms with Crippen LogP contribution in [0.1, 0.15) is 17.3 Å². The van der Waals surface area contributed by atoms with Crippen LogP contribution in [-0.4, -0.2) is 57.8 Å². The lowest BCUT2D eigenvalue weighted by Gasteiger charge is -2.34. The molecule has 1 saturated heterocycles. The standard InChI is InChI=1S/C21H18BrClN4O2/c1-13(28)26-4-6-27(7-5-26)21(29)15-8-14(9-17(23)10-15)20-18-11-16(22)2-3-19(18)24-12-25-20/h2-3,8-12H,4-7H2,1H3. The highest BCUT2D eigenvalue weighted by molar-refractivity contribution is 9.10. The molecule has 4 rings (SSSR count). The van der Waals surface area contributed by atoms with Gasteiger partial charge in [-0.05, 0) is 36.4 Å². The van der Waals surface area contributed by atoms with Crippen molar-refractivity contribution in [2.45, 2.75) is 6.92 Å². The number of benzene rings is 2. The molecule has 0 unspecified atom stereocenters. The minimum Gasteiger partial charge on any atom is -0.339 e. The van der Waals surface area contributed by atoms with Crippen molar-refractivity contribution < 1.29 is 9.59 Å². The van der Waals surface area contributed by atoms with Crippen molar-refractivity contribution in [1.82, 2.24) is 19.8 Å². The average Bonchev–Trinajstić information content (AvgIpc) is 2.72. The van der Waals surface area contributed by atoms with Crippen LogP contribution in [0.5, 0.6) is 0 Å². The maximum atomic E-state index is 13.1. The molecule has 2 amide bonds. The molecule has 0 aliphatic carbocycles. The first-order valence-corrected chi connectivity index (χ1v) is 10.4. The summed E-state index contributed by atoms with van der Waals surface area (Å²) in [7, 11) is 0. The van der Waals surface area contributed by atoms with Crippen LogP contribution in [0.25, 0.3) is 22.2 Å². The van der Waals surface area contributed by atoms with Crippen molar-refractivity contribution in [2.24, 2.45) is 0 Å². The monoisotopic (exact) mass is 472 g/mol. The van der Waals surface area contributed by atoms with E-state index in [4.69, 9.17) is 11.6 Å². The third kappa shape index (κ3) is 4.11. The molecular formula is C21H18BrClN4O2. The normalized spacial score (nSPS) is 14.3. The molecule has 0 N–H and O–H groups in total. The summed E-state index contributed by atoms with van der Waals surface area (Å²) < 4.78 is 0.919.